The molecule has 0 bridgehead atoms. The van der Waals surface area contributed by atoms with Crippen molar-refractivity contribution in [2.24, 2.45) is 0 Å². The number of halogens is 2. The van der Waals surface area contributed by atoms with E-state index in [1.54, 1.807) is 6.20 Å². The first kappa shape index (κ1) is 14.0. The Labute approximate surface area is 121 Å². The second kappa shape index (κ2) is 6.66. The molecule has 0 aliphatic heterocycles. The van der Waals surface area contributed by atoms with Crippen LogP contribution in [-0.4, -0.2) is 18.6 Å². The highest BCUT2D eigenvalue weighted by Crippen LogP contribution is 2.19. The highest BCUT2D eigenvalue weighted by Gasteiger charge is 2.09. The molecule has 0 amide bonds. The van der Waals surface area contributed by atoms with Gasteiger partial charge in [-0.15, -0.1) is 0 Å². The molecule has 0 aliphatic carbocycles. The number of hydrogen-bond acceptors (Lipinski definition) is 2. The number of rotatable bonds is 5. The number of pyridine rings is 1. The van der Waals surface area contributed by atoms with Gasteiger partial charge < -0.3 is 4.90 Å². The van der Waals surface area contributed by atoms with Crippen LogP contribution in [0.4, 0.5) is 10.2 Å². The van der Waals surface area contributed by atoms with Crippen molar-refractivity contribution in [3.05, 3.63) is 58.4 Å². The fourth-order valence-corrected chi connectivity index (χ4v) is 2.26. The Balaban J connectivity index is 1.89. The zero-order valence-corrected chi connectivity index (χ0v) is 12.4. The molecule has 2 nitrogen and oxygen atoms in total. The molecule has 2 aromatic rings. The minimum atomic E-state index is -0.295. The summed E-state index contributed by atoms with van der Waals surface area (Å²) in [6.07, 6.45) is 3.58. The molecular formula is C15H16BrFN2. The summed E-state index contributed by atoms with van der Waals surface area (Å²) in [6.45, 7) is 0.778. The van der Waals surface area contributed by atoms with Gasteiger partial charge in [0.25, 0.3) is 0 Å². The minimum absolute atomic E-state index is 0.295. The van der Waals surface area contributed by atoms with Crippen molar-refractivity contribution in [2.45, 2.75) is 12.8 Å². The van der Waals surface area contributed by atoms with E-state index in [0.717, 1.165) is 19.4 Å². The summed E-state index contributed by atoms with van der Waals surface area (Å²) in [7, 11) is 1.87. The van der Waals surface area contributed by atoms with Crippen molar-refractivity contribution in [3.63, 3.8) is 0 Å². The first-order chi connectivity index (χ1) is 9.16. The highest BCUT2D eigenvalue weighted by atomic mass is 79.9. The molecule has 2 rings (SSSR count). The summed E-state index contributed by atoms with van der Waals surface area (Å²) in [5.41, 5.74) is 1.31. The molecule has 100 valence electrons. The van der Waals surface area contributed by atoms with E-state index in [-0.39, 0.29) is 5.82 Å². The number of aryl methyl sites for hydroxylation is 1. The van der Waals surface area contributed by atoms with E-state index in [2.05, 4.69) is 33.0 Å². The lowest BCUT2D eigenvalue weighted by Crippen LogP contribution is -2.21. The normalized spacial score (nSPS) is 10.5. The number of hydrogen-bond donors (Lipinski definition) is 0. The largest absolute Gasteiger partial charge is 0.357 e. The topological polar surface area (TPSA) is 16.1 Å². The van der Waals surface area contributed by atoms with Gasteiger partial charge in [0.2, 0.25) is 0 Å². The van der Waals surface area contributed by atoms with Gasteiger partial charge in [-0.3, -0.25) is 0 Å². The molecule has 0 spiro atoms. The molecule has 0 N–H and O–H groups in total. The summed E-state index contributed by atoms with van der Waals surface area (Å²) >= 11 is 3.21. The van der Waals surface area contributed by atoms with E-state index < -0.39 is 0 Å². The monoisotopic (exact) mass is 322 g/mol. The molecule has 0 atom stereocenters. The van der Waals surface area contributed by atoms with Gasteiger partial charge in [-0.1, -0.05) is 30.3 Å². The second-order valence-corrected chi connectivity index (χ2v) is 5.39. The molecule has 0 saturated heterocycles. The maximum atomic E-state index is 13.7. The van der Waals surface area contributed by atoms with E-state index in [1.165, 1.54) is 11.6 Å². The standard InChI is InChI=1S/C15H16BrFN2/c1-19(15-14(17)10-13(16)11-18-15)9-5-8-12-6-3-2-4-7-12/h2-4,6-7,10-11H,5,8-9H2,1H3. The molecule has 0 radical (unpaired) electrons. The molecule has 0 saturated carbocycles. The molecule has 1 aromatic heterocycles. The van der Waals surface area contributed by atoms with E-state index >= 15 is 0 Å². The van der Waals surface area contributed by atoms with Gasteiger partial charge in [0.1, 0.15) is 0 Å². The van der Waals surface area contributed by atoms with Crippen molar-refractivity contribution in [1.29, 1.82) is 0 Å². The quantitative estimate of drug-likeness (QED) is 0.825. The predicted molar refractivity (Wildman–Crippen MR) is 79.9 cm³/mol. The van der Waals surface area contributed by atoms with Crippen LogP contribution >= 0.6 is 15.9 Å². The average molecular weight is 323 g/mol. The second-order valence-electron chi connectivity index (χ2n) is 4.47. The molecule has 1 heterocycles. The molecule has 1 aromatic carbocycles. The summed E-state index contributed by atoms with van der Waals surface area (Å²) in [5.74, 6) is 0.104. The number of benzene rings is 1. The summed E-state index contributed by atoms with van der Waals surface area (Å²) < 4.78 is 14.4. The Morgan fingerprint density at radius 3 is 2.68 bits per heavy atom. The van der Waals surface area contributed by atoms with E-state index in [0.29, 0.717) is 10.3 Å². The molecule has 4 heteroatoms. The van der Waals surface area contributed by atoms with Gasteiger partial charge >= 0.3 is 0 Å². The summed E-state index contributed by atoms with van der Waals surface area (Å²) in [6, 6.07) is 11.7. The molecule has 19 heavy (non-hydrogen) atoms. The molecule has 0 aliphatic rings. The van der Waals surface area contributed by atoms with Crippen LogP contribution in [0.2, 0.25) is 0 Å². The van der Waals surface area contributed by atoms with Gasteiger partial charge in [-0.25, -0.2) is 9.37 Å². The van der Waals surface area contributed by atoms with Gasteiger partial charge in [0.15, 0.2) is 11.6 Å². The van der Waals surface area contributed by atoms with E-state index in [4.69, 9.17) is 0 Å². The number of aromatic nitrogens is 1. The third-order valence-corrected chi connectivity index (χ3v) is 3.39. The van der Waals surface area contributed by atoms with Crippen molar-refractivity contribution in [3.8, 4) is 0 Å². The van der Waals surface area contributed by atoms with Crippen LogP contribution < -0.4 is 4.90 Å². The maximum absolute atomic E-state index is 13.7. The highest BCUT2D eigenvalue weighted by molar-refractivity contribution is 9.10. The third kappa shape index (κ3) is 4.03. The zero-order chi connectivity index (χ0) is 13.7. The van der Waals surface area contributed by atoms with Crippen molar-refractivity contribution in [2.75, 3.05) is 18.5 Å². The fraction of sp³-hybridized carbons (Fsp3) is 0.267. The van der Waals surface area contributed by atoms with E-state index in [9.17, 15) is 4.39 Å². The smallest absolute Gasteiger partial charge is 0.166 e. The zero-order valence-electron chi connectivity index (χ0n) is 10.8. The van der Waals surface area contributed by atoms with Crippen molar-refractivity contribution < 1.29 is 4.39 Å². The molecule has 0 unspecified atom stereocenters. The minimum Gasteiger partial charge on any atom is -0.357 e. The van der Waals surface area contributed by atoms with Gasteiger partial charge in [0, 0.05) is 24.3 Å². The van der Waals surface area contributed by atoms with Crippen LogP contribution in [0.15, 0.2) is 47.1 Å². The van der Waals surface area contributed by atoms with Crippen LogP contribution in [-0.2, 0) is 6.42 Å². The first-order valence-corrected chi connectivity index (χ1v) is 7.02. The SMILES string of the molecule is CN(CCCc1ccccc1)c1ncc(Br)cc1F. The van der Waals surface area contributed by atoms with Crippen LogP contribution in [0.5, 0.6) is 0 Å². The Morgan fingerprint density at radius 2 is 2.00 bits per heavy atom. The van der Waals surface area contributed by atoms with Crippen molar-refractivity contribution in [1.82, 2.24) is 4.98 Å². The Bertz CT molecular complexity index is 531. The van der Waals surface area contributed by atoms with Crippen LogP contribution in [0.25, 0.3) is 0 Å². The van der Waals surface area contributed by atoms with Crippen molar-refractivity contribution >= 4 is 21.7 Å². The van der Waals surface area contributed by atoms with Gasteiger partial charge in [-0.2, -0.15) is 0 Å². The Morgan fingerprint density at radius 1 is 1.26 bits per heavy atom. The van der Waals surface area contributed by atoms with Crippen LogP contribution in [0.3, 0.4) is 0 Å². The van der Waals surface area contributed by atoms with Crippen LogP contribution in [0, 0.1) is 5.82 Å². The molecule has 0 fully saturated rings. The molecular weight excluding hydrogens is 307 g/mol. The number of anilines is 1. The maximum Gasteiger partial charge on any atom is 0.166 e. The third-order valence-electron chi connectivity index (χ3n) is 2.95. The van der Waals surface area contributed by atoms with Gasteiger partial charge in [0.05, 0.1) is 0 Å². The fourth-order valence-electron chi connectivity index (χ4n) is 1.96. The first-order valence-electron chi connectivity index (χ1n) is 6.23. The lowest BCUT2D eigenvalue weighted by atomic mass is 10.1. The lowest BCUT2D eigenvalue weighted by molar-refractivity contribution is 0.611. The average Bonchev–Trinajstić information content (AvgIpc) is 2.39. The lowest BCUT2D eigenvalue weighted by Gasteiger charge is -2.18. The van der Waals surface area contributed by atoms with E-state index in [1.807, 2.05) is 30.1 Å². The predicted octanol–water partition coefficient (Wildman–Crippen LogP) is 4.05. The Kier molecular flexibility index (Phi) is 4.91. The Hall–Kier alpha value is -1.42. The van der Waals surface area contributed by atoms with Crippen LogP contribution in [0.1, 0.15) is 12.0 Å². The van der Waals surface area contributed by atoms with Gasteiger partial charge in [-0.05, 0) is 40.4 Å². The summed E-state index contributed by atoms with van der Waals surface area (Å²) in [5, 5.41) is 0. The number of nitrogens with zero attached hydrogens (tertiary/aromatic N) is 2. The summed E-state index contributed by atoms with van der Waals surface area (Å²) in [4.78, 5) is 5.96.